The van der Waals surface area contributed by atoms with E-state index in [9.17, 15) is 4.79 Å². The van der Waals surface area contributed by atoms with Crippen LogP contribution in [0, 0.1) is 0 Å². The molecule has 18 heavy (non-hydrogen) atoms. The van der Waals surface area contributed by atoms with Crippen molar-refractivity contribution in [3.8, 4) is 5.88 Å². The first-order valence-electron chi connectivity index (χ1n) is 6.54. The van der Waals surface area contributed by atoms with E-state index in [1.54, 1.807) is 10.7 Å². The van der Waals surface area contributed by atoms with Gasteiger partial charge in [0.1, 0.15) is 6.61 Å². The third-order valence-electron chi connectivity index (χ3n) is 3.44. The van der Waals surface area contributed by atoms with E-state index in [0.29, 0.717) is 24.7 Å². The summed E-state index contributed by atoms with van der Waals surface area (Å²) in [6.45, 7) is 5.30. The summed E-state index contributed by atoms with van der Waals surface area (Å²) in [5, 5.41) is 7.11. The van der Waals surface area contributed by atoms with Gasteiger partial charge >= 0.3 is 0 Å². The van der Waals surface area contributed by atoms with Crippen molar-refractivity contribution in [3.63, 3.8) is 0 Å². The van der Waals surface area contributed by atoms with E-state index >= 15 is 0 Å². The molecule has 0 radical (unpaired) electrons. The number of hydrogen-bond acceptors (Lipinski definition) is 4. The lowest BCUT2D eigenvalue weighted by Crippen LogP contribution is -2.33. The smallest absolute Gasteiger partial charge is 0.271 e. The van der Waals surface area contributed by atoms with Crippen molar-refractivity contribution in [2.24, 2.45) is 0 Å². The third kappa shape index (κ3) is 2.33. The number of likely N-dealkylation sites (tertiary alicyclic amines) is 1. The van der Waals surface area contributed by atoms with E-state index in [4.69, 9.17) is 4.74 Å². The number of aromatic nitrogens is 2. The lowest BCUT2D eigenvalue weighted by molar-refractivity contribution is 0.0943. The van der Waals surface area contributed by atoms with Crippen LogP contribution in [0.5, 0.6) is 5.88 Å². The lowest BCUT2D eigenvalue weighted by Gasteiger charge is -2.14. The normalized spacial score (nSPS) is 18.7. The summed E-state index contributed by atoms with van der Waals surface area (Å²) in [5.74, 6) is 0.583. The Bertz CT molecular complexity index is 416. The first-order valence-corrected chi connectivity index (χ1v) is 6.54. The zero-order valence-corrected chi connectivity index (χ0v) is 10.4. The molecule has 6 heteroatoms. The van der Waals surface area contributed by atoms with E-state index in [0.717, 1.165) is 26.2 Å². The number of fused-ring (bicyclic) bond motifs is 1. The Labute approximate surface area is 106 Å². The Morgan fingerprint density at radius 2 is 2.22 bits per heavy atom. The second kappa shape index (κ2) is 4.97. The predicted molar refractivity (Wildman–Crippen MR) is 65.7 cm³/mol. The van der Waals surface area contributed by atoms with Crippen molar-refractivity contribution in [1.29, 1.82) is 0 Å². The Hall–Kier alpha value is -1.56. The van der Waals surface area contributed by atoms with Crippen molar-refractivity contribution in [2.75, 3.05) is 32.8 Å². The second-order valence-corrected chi connectivity index (χ2v) is 4.74. The molecular weight excluding hydrogens is 232 g/mol. The molecule has 0 unspecified atom stereocenters. The summed E-state index contributed by atoms with van der Waals surface area (Å²) >= 11 is 0. The van der Waals surface area contributed by atoms with Gasteiger partial charge in [0.2, 0.25) is 5.88 Å². The summed E-state index contributed by atoms with van der Waals surface area (Å²) in [6.07, 6.45) is 2.55. The zero-order valence-electron chi connectivity index (χ0n) is 10.4. The van der Waals surface area contributed by atoms with Gasteiger partial charge in [0.25, 0.3) is 5.91 Å². The minimum Gasteiger partial charge on any atom is -0.476 e. The molecule has 98 valence electrons. The van der Waals surface area contributed by atoms with Crippen molar-refractivity contribution in [1.82, 2.24) is 20.0 Å². The molecule has 0 bridgehead atoms. The highest BCUT2D eigenvalue weighted by Gasteiger charge is 2.19. The molecule has 1 N–H and O–H groups in total. The van der Waals surface area contributed by atoms with Crippen LogP contribution in [0.3, 0.4) is 0 Å². The molecule has 3 heterocycles. The molecule has 1 saturated heterocycles. The maximum absolute atomic E-state index is 11.9. The van der Waals surface area contributed by atoms with Crippen molar-refractivity contribution < 1.29 is 9.53 Å². The number of amides is 1. The number of nitrogens with zero attached hydrogens (tertiary/aromatic N) is 3. The summed E-state index contributed by atoms with van der Waals surface area (Å²) in [6, 6.07) is 1.71. The Morgan fingerprint density at radius 1 is 1.39 bits per heavy atom. The van der Waals surface area contributed by atoms with Gasteiger partial charge in [0.05, 0.1) is 6.54 Å². The number of ether oxygens (including phenoxy) is 1. The fourth-order valence-corrected chi connectivity index (χ4v) is 2.45. The van der Waals surface area contributed by atoms with Crippen molar-refractivity contribution in [3.05, 3.63) is 11.8 Å². The molecule has 0 saturated carbocycles. The molecule has 0 spiro atoms. The third-order valence-corrected chi connectivity index (χ3v) is 3.44. The quantitative estimate of drug-likeness (QED) is 0.823. The predicted octanol–water partition coefficient (Wildman–Crippen LogP) is 0.101. The average Bonchev–Trinajstić information content (AvgIpc) is 3.04. The van der Waals surface area contributed by atoms with Gasteiger partial charge in [0, 0.05) is 19.2 Å². The first-order chi connectivity index (χ1) is 8.83. The summed E-state index contributed by atoms with van der Waals surface area (Å²) in [7, 11) is 0. The maximum atomic E-state index is 11.9. The molecule has 0 aromatic carbocycles. The van der Waals surface area contributed by atoms with Gasteiger partial charge in [0.15, 0.2) is 5.69 Å². The molecule has 3 rings (SSSR count). The van der Waals surface area contributed by atoms with Crippen molar-refractivity contribution >= 4 is 5.91 Å². The van der Waals surface area contributed by atoms with Gasteiger partial charge in [-0.15, -0.1) is 0 Å². The molecule has 0 aliphatic carbocycles. The molecule has 6 nitrogen and oxygen atoms in total. The minimum atomic E-state index is -0.111. The fraction of sp³-hybridized carbons (Fsp3) is 0.667. The summed E-state index contributed by atoms with van der Waals surface area (Å²) in [5.41, 5.74) is 0.450. The Morgan fingerprint density at radius 3 is 3.00 bits per heavy atom. The van der Waals surface area contributed by atoms with Gasteiger partial charge in [-0.25, -0.2) is 4.68 Å². The SMILES string of the molecule is O=C(NCCN1CCCC1)c1cc2n(n1)CCO2. The van der Waals surface area contributed by atoms with E-state index in [1.165, 1.54) is 12.8 Å². The summed E-state index contributed by atoms with van der Waals surface area (Å²) < 4.78 is 7.06. The van der Waals surface area contributed by atoms with Gasteiger partial charge in [-0.3, -0.25) is 4.79 Å². The van der Waals surface area contributed by atoms with E-state index in [1.807, 2.05) is 0 Å². The molecule has 2 aliphatic heterocycles. The lowest BCUT2D eigenvalue weighted by atomic mass is 10.4. The van der Waals surface area contributed by atoms with E-state index in [2.05, 4.69) is 15.3 Å². The van der Waals surface area contributed by atoms with Gasteiger partial charge in [-0.1, -0.05) is 0 Å². The van der Waals surface area contributed by atoms with Crippen LogP contribution in [-0.2, 0) is 6.54 Å². The van der Waals surface area contributed by atoms with E-state index in [-0.39, 0.29) is 5.91 Å². The van der Waals surface area contributed by atoms with Crippen molar-refractivity contribution in [2.45, 2.75) is 19.4 Å². The van der Waals surface area contributed by atoms with Crippen LogP contribution in [0.15, 0.2) is 6.07 Å². The second-order valence-electron chi connectivity index (χ2n) is 4.74. The largest absolute Gasteiger partial charge is 0.476 e. The molecule has 1 aromatic heterocycles. The van der Waals surface area contributed by atoms with Crippen LogP contribution in [0.1, 0.15) is 23.3 Å². The van der Waals surface area contributed by atoms with Crippen LogP contribution in [0.2, 0.25) is 0 Å². The van der Waals surface area contributed by atoms with Gasteiger partial charge < -0.3 is 15.0 Å². The highest BCUT2D eigenvalue weighted by atomic mass is 16.5. The van der Waals surface area contributed by atoms with Crippen LogP contribution in [0.4, 0.5) is 0 Å². The molecular formula is C12H18N4O2. The highest BCUT2D eigenvalue weighted by molar-refractivity contribution is 5.92. The minimum absolute atomic E-state index is 0.111. The van der Waals surface area contributed by atoms with Gasteiger partial charge in [-0.2, -0.15) is 5.10 Å². The van der Waals surface area contributed by atoms with Crippen LogP contribution < -0.4 is 10.1 Å². The molecule has 0 atom stereocenters. The van der Waals surface area contributed by atoms with Crippen LogP contribution in [-0.4, -0.2) is 53.4 Å². The zero-order chi connectivity index (χ0) is 12.4. The first kappa shape index (κ1) is 11.5. The standard InChI is InChI=1S/C12H18N4O2/c17-12(13-3-6-15-4-1-2-5-15)10-9-11-16(14-10)7-8-18-11/h9H,1-8H2,(H,13,17). The van der Waals surface area contributed by atoms with Crippen LogP contribution in [0.25, 0.3) is 0 Å². The number of hydrogen-bond donors (Lipinski definition) is 1. The Balaban J connectivity index is 1.48. The number of carbonyl (C=O) groups excluding carboxylic acids is 1. The number of nitrogens with one attached hydrogen (secondary N) is 1. The van der Waals surface area contributed by atoms with Crippen LogP contribution >= 0.6 is 0 Å². The average molecular weight is 250 g/mol. The molecule has 1 amide bonds. The molecule has 1 aromatic rings. The Kier molecular flexibility index (Phi) is 3.19. The number of carbonyl (C=O) groups is 1. The summed E-state index contributed by atoms with van der Waals surface area (Å²) in [4.78, 5) is 14.2. The molecule has 2 aliphatic rings. The number of rotatable bonds is 4. The van der Waals surface area contributed by atoms with Gasteiger partial charge in [-0.05, 0) is 25.9 Å². The topological polar surface area (TPSA) is 59.4 Å². The highest BCUT2D eigenvalue weighted by Crippen LogP contribution is 2.18. The monoisotopic (exact) mass is 250 g/mol. The fourth-order valence-electron chi connectivity index (χ4n) is 2.45. The van der Waals surface area contributed by atoms with E-state index < -0.39 is 0 Å². The molecule has 1 fully saturated rings. The maximum Gasteiger partial charge on any atom is 0.271 e.